The van der Waals surface area contributed by atoms with Crippen LogP contribution in [0.25, 0.3) is 0 Å². The second-order valence-corrected chi connectivity index (χ2v) is 10.8. The molecule has 7 heteroatoms. The molecule has 22 heavy (non-hydrogen) atoms. The predicted molar refractivity (Wildman–Crippen MR) is 92.2 cm³/mol. The molecule has 0 aromatic heterocycles. The van der Waals surface area contributed by atoms with Gasteiger partial charge in [-0.25, -0.2) is 12.7 Å². The molecule has 1 unspecified atom stereocenters. The zero-order valence-electron chi connectivity index (χ0n) is 14.5. The van der Waals surface area contributed by atoms with Crippen LogP contribution in [-0.4, -0.2) is 59.5 Å². The predicted octanol–water partition coefficient (Wildman–Crippen LogP) is 2.54. The summed E-state index contributed by atoms with van der Waals surface area (Å²) < 4.78 is 34.6. The Morgan fingerprint density at radius 3 is 2.36 bits per heavy atom. The molecule has 0 aliphatic carbocycles. The van der Waals surface area contributed by atoms with Crippen LogP contribution in [0.4, 0.5) is 0 Å². The van der Waals surface area contributed by atoms with Gasteiger partial charge in [-0.3, -0.25) is 0 Å². The fourth-order valence-corrected chi connectivity index (χ4v) is 6.71. The highest BCUT2D eigenvalue weighted by molar-refractivity contribution is 7.96. The Morgan fingerprint density at radius 1 is 1.18 bits per heavy atom. The molecule has 0 spiro atoms. The average molecular weight is 351 g/mol. The van der Waals surface area contributed by atoms with Gasteiger partial charge in [-0.15, -0.1) is 0 Å². The van der Waals surface area contributed by atoms with Gasteiger partial charge in [0.1, 0.15) is 5.94 Å². The van der Waals surface area contributed by atoms with Crippen molar-refractivity contribution in [1.82, 2.24) is 8.61 Å². The summed E-state index contributed by atoms with van der Waals surface area (Å²) in [5, 5.41) is 0. The molecule has 2 fully saturated rings. The SMILES string of the molecule is CC(C)(C)N1CCC(CC(C)(C)N2CCOCS2)CS1(=O)=O. The number of sulfonamides is 1. The lowest BCUT2D eigenvalue weighted by Crippen LogP contribution is -2.53. The van der Waals surface area contributed by atoms with Crippen LogP contribution in [0.1, 0.15) is 47.5 Å². The normalized spacial score (nSPS) is 28.7. The maximum atomic E-state index is 12.6. The molecule has 2 rings (SSSR count). The molecule has 1 atom stereocenters. The number of hydrogen-bond acceptors (Lipinski definition) is 5. The van der Waals surface area contributed by atoms with Gasteiger partial charge in [-0.05, 0) is 65.3 Å². The largest absolute Gasteiger partial charge is 0.368 e. The monoisotopic (exact) mass is 350 g/mol. The third-order valence-electron chi connectivity index (χ3n) is 4.46. The Morgan fingerprint density at radius 2 is 1.86 bits per heavy atom. The van der Waals surface area contributed by atoms with E-state index in [0.29, 0.717) is 12.5 Å². The summed E-state index contributed by atoms with van der Waals surface area (Å²) in [4.78, 5) is 0. The van der Waals surface area contributed by atoms with Crippen molar-refractivity contribution in [3.63, 3.8) is 0 Å². The first-order valence-electron chi connectivity index (χ1n) is 8.01. The molecule has 0 amide bonds. The number of rotatable bonds is 3. The summed E-state index contributed by atoms with van der Waals surface area (Å²) in [6.07, 6.45) is 1.87. The average Bonchev–Trinajstić information content (AvgIpc) is 2.36. The van der Waals surface area contributed by atoms with Crippen molar-refractivity contribution in [2.75, 3.05) is 31.4 Å². The highest BCUT2D eigenvalue weighted by atomic mass is 32.2. The van der Waals surface area contributed by atoms with Crippen LogP contribution < -0.4 is 0 Å². The zero-order chi connectivity index (χ0) is 16.6. The first kappa shape index (κ1) is 18.5. The topological polar surface area (TPSA) is 49.9 Å². The molecule has 0 aromatic carbocycles. The van der Waals surface area contributed by atoms with Gasteiger partial charge in [0.2, 0.25) is 10.0 Å². The number of nitrogens with zero attached hydrogens (tertiary/aromatic N) is 2. The van der Waals surface area contributed by atoms with Crippen molar-refractivity contribution in [2.24, 2.45) is 5.92 Å². The highest BCUT2D eigenvalue weighted by Crippen LogP contribution is 2.36. The van der Waals surface area contributed by atoms with E-state index < -0.39 is 10.0 Å². The Hall–Kier alpha value is 0.180. The van der Waals surface area contributed by atoms with Gasteiger partial charge in [0.25, 0.3) is 0 Å². The van der Waals surface area contributed by atoms with Gasteiger partial charge in [0.05, 0.1) is 12.4 Å². The molecule has 2 saturated heterocycles. The lowest BCUT2D eigenvalue weighted by atomic mass is 9.89. The second-order valence-electron chi connectivity index (χ2n) is 7.95. The van der Waals surface area contributed by atoms with E-state index in [-0.39, 0.29) is 22.7 Å². The summed E-state index contributed by atoms with van der Waals surface area (Å²) in [6.45, 7) is 12.7. The molecule has 2 aliphatic rings. The molecule has 5 nitrogen and oxygen atoms in total. The van der Waals surface area contributed by atoms with Crippen LogP contribution in [0.3, 0.4) is 0 Å². The smallest absolute Gasteiger partial charge is 0.214 e. The van der Waals surface area contributed by atoms with Gasteiger partial charge >= 0.3 is 0 Å². The molecule has 130 valence electrons. The third-order valence-corrected chi connectivity index (χ3v) is 8.02. The molecule has 0 bridgehead atoms. The third kappa shape index (κ3) is 4.38. The summed E-state index contributed by atoms with van der Waals surface area (Å²) in [5.74, 6) is 1.22. The molecule has 0 saturated carbocycles. The van der Waals surface area contributed by atoms with Gasteiger partial charge in [-0.1, -0.05) is 0 Å². The van der Waals surface area contributed by atoms with Crippen LogP contribution >= 0.6 is 11.9 Å². The quantitative estimate of drug-likeness (QED) is 0.732. The van der Waals surface area contributed by atoms with Crippen LogP contribution in [0.5, 0.6) is 0 Å². The van der Waals surface area contributed by atoms with E-state index >= 15 is 0 Å². The molecule has 2 heterocycles. The summed E-state index contributed by atoms with van der Waals surface area (Å²) in [5.41, 5.74) is -0.322. The van der Waals surface area contributed by atoms with E-state index in [0.717, 1.165) is 26.0 Å². The van der Waals surface area contributed by atoms with Gasteiger partial charge in [0.15, 0.2) is 0 Å². The molecular weight excluding hydrogens is 320 g/mol. The standard InChI is InChI=1S/C15H30N2O3S2/c1-14(2,3)17-7-6-13(11-22(17,18)19)10-15(4,5)16-8-9-20-12-21-16/h13H,6-12H2,1-5H3. The molecule has 0 N–H and O–H groups in total. The first-order chi connectivity index (χ1) is 10.0. The fourth-order valence-electron chi connectivity index (χ4n) is 3.48. The van der Waals surface area contributed by atoms with Crippen molar-refractivity contribution in [3.05, 3.63) is 0 Å². The highest BCUT2D eigenvalue weighted by Gasteiger charge is 2.41. The molecule has 2 aliphatic heterocycles. The molecule has 0 radical (unpaired) electrons. The fraction of sp³-hybridized carbons (Fsp3) is 1.00. The zero-order valence-corrected chi connectivity index (χ0v) is 16.1. The van der Waals surface area contributed by atoms with Gasteiger partial charge < -0.3 is 4.74 Å². The van der Waals surface area contributed by atoms with Crippen LogP contribution in [0.15, 0.2) is 0 Å². The van der Waals surface area contributed by atoms with E-state index in [9.17, 15) is 8.42 Å². The Kier molecular flexibility index (Phi) is 5.55. The Bertz CT molecular complexity index is 480. The van der Waals surface area contributed by atoms with Crippen molar-refractivity contribution in [3.8, 4) is 0 Å². The number of hydrogen-bond donors (Lipinski definition) is 0. The van der Waals surface area contributed by atoms with E-state index in [4.69, 9.17) is 4.74 Å². The Balaban J connectivity index is 2.00. The van der Waals surface area contributed by atoms with E-state index in [2.05, 4.69) is 18.2 Å². The molecular formula is C15H30N2O3S2. The number of ether oxygens (including phenoxy) is 1. The van der Waals surface area contributed by atoms with Crippen molar-refractivity contribution in [1.29, 1.82) is 0 Å². The lowest BCUT2D eigenvalue weighted by Gasteiger charge is -2.44. The van der Waals surface area contributed by atoms with E-state index in [1.165, 1.54) is 0 Å². The van der Waals surface area contributed by atoms with E-state index in [1.54, 1.807) is 16.3 Å². The minimum atomic E-state index is -3.15. The summed E-state index contributed by atoms with van der Waals surface area (Å²) >= 11 is 1.71. The maximum absolute atomic E-state index is 12.6. The van der Waals surface area contributed by atoms with Crippen LogP contribution in [-0.2, 0) is 14.8 Å². The van der Waals surface area contributed by atoms with Crippen LogP contribution in [0, 0.1) is 5.92 Å². The van der Waals surface area contributed by atoms with Crippen LogP contribution in [0.2, 0.25) is 0 Å². The lowest BCUT2D eigenvalue weighted by molar-refractivity contribution is 0.0994. The first-order valence-corrected chi connectivity index (χ1v) is 10.6. The van der Waals surface area contributed by atoms with Crippen molar-refractivity contribution < 1.29 is 13.2 Å². The second kappa shape index (κ2) is 6.59. The van der Waals surface area contributed by atoms with E-state index in [1.807, 2.05) is 20.8 Å². The Labute approximate surface area is 139 Å². The molecule has 0 aromatic rings. The van der Waals surface area contributed by atoms with Gasteiger partial charge in [0, 0.05) is 24.2 Å². The van der Waals surface area contributed by atoms with Crippen molar-refractivity contribution in [2.45, 2.75) is 58.5 Å². The summed E-state index contributed by atoms with van der Waals surface area (Å²) in [6, 6.07) is 0. The van der Waals surface area contributed by atoms with Gasteiger partial charge in [-0.2, -0.15) is 4.31 Å². The van der Waals surface area contributed by atoms with Crippen molar-refractivity contribution >= 4 is 22.0 Å². The minimum absolute atomic E-state index is 0.00145. The maximum Gasteiger partial charge on any atom is 0.214 e. The minimum Gasteiger partial charge on any atom is -0.368 e. The summed E-state index contributed by atoms with van der Waals surface area (Å²) in [7, 11) is -3.15.